The van der Waals surface area contributed by atoms with E-state index in [1.807, 2.05) is 0 Å². The molecule has 13 heteroatoms. The number of hydrogen-bond acceptors (Lipinski definition) is 6. The molecule has 0 amide bonds. The summed E-state index contributed by atoms with van der Waals surface area (Å²) in [7, 11) is -1.58. The molecule has 31 heavy (non-hydrogen) atoms. The first-order valence-electron chi connectivity index (χ1n) is 9.31. The van der Waals surface area contributed by atoms with Gasteiger partial charge in [0.15, 0.2) is 11.5 Å². The minimum atomic E-state index is -5.34. The van der Waals surface area contributed by atoms with Crippen molar-refractivity contribution >= 4 is 17.6 Å². The summed E-state index contributed by atoms with van der Waals surface area (Å²) in [6.07, 6.45) is -8.57. The third-order valence-corrected chi connectivity index (χ3v) is 3.93. The van der Waals surface area contributed by atoms with Crippen molar-refractivity contribution in [2.45, 2.75) is 12.8 Å². The number of hydrogen-bond donors (Lipinski definition) is 0. The van der Waals surface area contributed by atoms with Crippen LogP contribution in [0.2, 0.25) is 5.02 Å². The maximum atomic E-state index is 14.7. The summed E-state index contributed by atoms with van der Waals surface area (Å²) in [6, 6.07) is 1.73. The SMILES string of the molecule is [2H]C([2H])([2H])Oc1c(Oc2cc(Cl)c(C(F)F)c(OC)c2C(=O)OC)ccc(OC(F)(F)F)c1F. The second kappa shape index (κ2) is 9.41. The van der Waals surface area contributed by atoms with Gasteiger partial charge in [0.1, 0.15) is 17.1 Å². The van der Waals surface area contributed by atoms with E-state index in [2.05, 4.69) is 14.2 Å². The number of halogens is 7. The van der Waals surface area contributed by atoms with E-state index in [0.29, 0.717) is 18.2 Å². The van der Waals surface area contributed by atoms with Gasteiger partial charge in [-0.3, -0.25) is 0 Å². The van der Waals surface area contributed by atoms with Gasteiger partial charge in [0.2, 0.25) is 11.6 Å². The molecule has 0 saturated carbocycles. The molecule has 0 aliphatic rings. The number of methoxy groups -OCH3 is 3. The molecule has 2 aromatic rings. The molecule has 0 atom stereocenters. The van der Waals surface area contributed by atoms with Gasteiger partial charge in [-0.1, -0.05) is 11.6 Å². The lowest BCUT2D eigenvalue weighted by molar-refractivity contribution is -0.275. The van der Waals surface area contributed by atoms with E-state index >= 15 is 0 Å². The molecular weight excluding hydrogens is 462 g/mol. The zero-order chi connectivity index (χ0) is 26.0. The van der Waals surface area contributed by atoms with Gasteiger partial charge in [-0.2, -0.15) is 4.39 Å². The zero-order valence-electron chi connectivity index (χ0n) is 18.4. The summed E-state index contributed by atoms with van der Waals surface area (Å²) in [6.45, 7) is 0. The highest BCUT2D eigenvalue weighted by atomic mass is 35.5. The van der Waals surface area contributed by atoms with E-state index in [-0.39, 0.29) is 0 Å². The standard InChI is InChI=1S/C18H13ClF6O6/c1-27-14-9(5-4-8(13(14)20)31-18(23,24)25)30-10-6-7(19)11(16(21)22)15(28-2)12(10)17(26)29-3/h4-6,16H,1-3H3/i1D3. The van der Waals surface area contributed by atoms with Crippen LogP contribution in [0.25, 0.3) is 0 Å². The molecule has 0 spiro atoms. The molecule has 0 fully saturated rings. The van der Waals surface area contributed by atoms with Crippen molar-refractivity contribution in [1.29, 1.82) is 0 Å². The largest absolute Gasteiger partial charge is 0.573 e. The molecule has 2 rings (SSSR count). The Hall–Kier alpha value is -3.02. The predicted octanol–water partition coefficient (Wildman–Crippen LogP) is 5.91. The minimum absolute atomic E-state index is 0.425. The molecule has 0 saturated heterocycles. The number of benzene rings is 2. The van der Waals surface area contributed by atoms with Crippen LogP contribution in [0.15, 0.2) is 18.2 Å². The first kappa shape index (κ1) is 19.9. The van der Waals surface area contributed by atoms with Gasteiger partial charge in [-0.15, -0.1) is 13.2 Å². The van der Waals surface area contributed by atoms with Crippen molar-refractivity contribution in [3.8, 4) is 28.7 Å². The predicted molar refractivity (Wildman–Crippen MR) is 94.0 cm³/mol. The van der Waals surface area contributed by atoms with Crippen LogP contribution in [0.3, 0.4) is 0 Å². The maximum Gasteiger partial charge on any atom is 0.573 e. The Balaban J connectivity index is 2.75. The first-order valence-corrected chi connectivity index (χ1v) is 8.19. The topological polar surface area (TPSA) is 63.2 Å². The summed E-state index contributed by atoms with van der Waals surface area (Å²) < 4.78 is 123. The van der Waals surface area contributed by atoms with Gasteiger partial charge >= 0.3 is 12.3 Å². The lowest BCUT2D eigenvalue weighted by atomic mass is 10.1. The van der Waals surface area contributed by atoms with Crippen molar-refractivity contribution in [1.82, 2.24) is 0 Å². The summed E-state index contributed by atoms with van der Waals surface area (Å²) >= 11 is 5.84. The molecule has 0 unspecified atom stereocenters. The number of alkyl halides is 5. The molecular formula is C18H13ClF6O6. The van der Waals surface area contributed by atoms with Crippen molar-refractivity contribution in [2.75, 3.05) is 21.3 Å². The Kier molecular flexibility index (Phi) is 6.05. The Labute approximate surface area is 180 Å². The molecule has 6 nitrogen and oxygen atoms in total. The second-order valence-corrected chi connectivity index (χ2v) is 5.83. The van der Waals surface area contributed by atoms with Gasteiger partial charge in [-0.05, 0) is 12.1 Å². The van der Waals surface area contributed by atoms with Crippen LogP contribution in [-0.2, 0) is 4.74 Å². The van der Waals surface area contributed by atoms with Gasteiger partial charge < -0.3 is 23.7 Å². The number of ether oxygens (including phenoxy) is 5. The Morgan fingerprint density at radius 1 is 1.10 bits per heavy atom. The number of rotatable bonds is 7. The highest BCUT2D eigenvalue weighted by molar-refractivity contribution is 6.32. The number of carbonyl (C=O) groups is 1. The molecule has 0 heterocycles. The van der Waals surface area contributed by atoms with Crippen LogP contribution in [-0.4, -0.2) is 33.6 Å². The lowest BCUT2D eigenvalue weighted by Gasteiger charge is -2.19. The third kappa shape index (κ3) is 5.19. The average molecular weight is 478 g/mol. The summed E-state index contributed by atoms with van der Waals surface area (Å²) in [4.78, 5) is 12.3. The van der Waals surface area contributed by atoms with E-state index in [1.165, 1.54) is 0 Å². The first-order chi connectivity index (χ1) is 15.6. The quantitative estimate of drug-likeness (QED) is 0.365. The zero-order valence-corrected chi connectivity index (χ0v) is 16.2. The van der Waals surface area contributed by atoms with E-state index in [9.17, 15) is 31.1 Å². The van der Waals surface area contributed by atoms with Gasteiger partial charge in [-0.25, -0.2) is 13.6 Å². The van der Waals surface area contributed by atoms with Crippen LogP contribution in [0, 0.1) is 5.82 Å². The van der Waals surface area contributed by atoms with E-state index in [4.69, 9.17) is 25.2 Å². The van der Waals surface area contributed by atoms with E-state index in [0.717, 1.165) is 14.2 Å². The fourth-order valence-electron chi connectivity index (χ4n) is 2.43. The van der Waals surface area contributed by atoms with Crippen LogP contribution in [0.1, 0.15) is 26.5 Å². The Bertz CT molecular complexity index is 1080. The minimum Gasteiger partial charge on any atom is -0.495 e. The molecule has 170 valence electrons. The van der Waals surface area contributed by atoms with Crippen molar-refractivity contribution < 1.29 is 58.9 Å². The Morgan fingerprint density at radius 2 is 1.74 bits per heavy atom. The highest BCUT2D eigenvalue weighted by Gasteiger charge is 2.34. The molecule has 0 radical (unpaired) electrons. The van der Waals surface area contributed by atoms with E-state index in [1.54, 1.807) is 0 Å². The van der Waals surface area contributed by atoms with E-state index < -0.39 is 76.5 Å². The molecule has 0 bridgehead atoms. The summed E-state index contributed by atoms with van der Waals surface area (Å²) in [5.74, 6) is -8.38. The van der Waals surface area contributed by atoms with Crippen molar-refractivity contribution in [2.24, 2.45) is 0 Å². The number of carbonyl (C=O) groups excluding carboxylic acids is 1. The van der Waals surface area contributed by atoms with Gasteiger partial charge in [0.05, 0.1) is 36.0 Å². The van der Waals surface area contributed by atoms with Crippen molar-refractivity contribution in [3.63, 3.8) is 0 Å². The Morgan fingerprint density at radius 3 is 2.26 bits per heavy atom. The molecule has 2 aromatic carbocycles. The van der Waals surface area contributed by atoms with Crippen molar-refractivity contribution in [3.05, 3.63) is 40.2 Å². The molecule has 0 N–H and O–H groups in total. The second-order valence-electron chi connectivity index (χ2n) is 5.43. The molecule has 0 aliphatic heterocycles. The summed E-state index contributed by atoms with van der Waals surface area (Å²) in [5, 5.41) is -0.676. The van der Waals surface area contributed by atoms with Crippen LogP contribution >= 0.6 is 11.6 Å². The average Bonchev–Trinajstić information content (AvgIpc) is 2.69. The monoisotopic (exact) mass is 477 g/mol. The molecule has 0 aromatic heterocycles. The molecule has 0 aliphatic carbocycles. The van der Waals surface area contributed by atoms with Gasteiger partial charge in [0, 0.05) is 6.07 Å². The smallest absolute Gasteiger partial charge is 0.495 e. The normalized spacial score (nSPS) is 13.2. The van der Waals surface area contributed by atoms with Gasteiger partial charge in [0.25, 0.3) is 6.43 Å². The fourth-order valence-corrected chi connectivity index (χ4v) is 2.70. The highest BCUT2D eigenvalue weighted by Crippen LogP contribution is 2.46. The third-order valence-electron chi connectivity index (χ3n) is 3.62. The number of esters is 1. The summed E-state index contributed by atoms with van der Waals surface area (Å²) in [5.41, 5.74) is -1.68. The van der Waals surface area contributed by atoms with Crippen LogP contribution < -0.4 is 18.9 Å². The maximum absolute atomic E-state index is 14.7. The van der Waals surface area contributed by atoms with Crippen LogP contribution in [0.5, 0.6) is 28.7 Å². The van der Waals surface area contributed by atoms with Crippen LogP contribution in [0.4, 0.5) is 26.3 Å². The lowest BCUT2D eigenvalue weighted by Crippen LogP contribution is -2.18. The fraction of sp³-hybridized carbons (Fsp3) is 0.278.